The second kappa shape index (κ2) is 4.84. The lowest BCUT2D eigenvalue weighted by Gasteiger charge is -2.13. The topological polar surface area (TPSA) is 116 Å². The SMILES string of the molecule is COC(=O)C(C)S(=O)(=O)Nc1c(N)c(C)nn1C. The highest BCUT2D eigenvalue weighted by atomic mass is 32.2. The van der Waals surface area contributed by atoms with Crippen LogP contribution in [0, 0.1) is 6.92 Å². The van der Waals surface area contributed by atoms with Gasteiger partial charge in [0.25, 0.3) is 0 Å². The predicted octanol–water partition coefficient (Wildman–Crippen LogP) is -0.386. The lowest BCUT2D eigenvalue weighted by molar-refractivity contribution is -0.139. The number of carbonyl (C=O) groups is 1. The number of nitrogen functional groups attached to an aromatic ring is 1. The van der Waals surface area contributed by atoms with E-state index in [9.17, 15) is 13.2 Å². The minimum absolute atomic E-state index is 0.128. The van der Waals surface area contributed by atoms with Crippen molar-refractivity contribution >= 4 is 27.5 Å². The first-order chi connectivity index (χ1) is 8.20. The first-order valence-electron chi connectivity index (χ1n) is 5.09. The number of methoxy groups -OCH3 is 1. The molecule has 0 saturated heterocycles. The molecule has 1 aromatic heterocycles. The summed E-state index contributed by atoms with van der Waals surface area (Å²) in [6.45, 7) is 2.88. The van der Waals surface area contributed by atoms with E-state index in [1.807, 2.05) is 0 Å². The highest BCUT2D eigenvalue weighted by molar-refractivity contribution is 7.94. The van der Waals surface area contributed by atoms with Gasteiger partial charge in [-0.05, 0) is 13.8 Å². The second-order valence-electron chi connectivity index (χ2n) is 3.78. The molecule has 3 N–H and O–H groups in total. The Morgan fingerprint density at radius 1 is 1.56 bits per heavy atom. The van der Waals surface area contributed by atoms with Crippen LogP contribution in [0.15, 0.2) is 0 Å². The number of aromatic nitrogens is 2. The number of hydrogen-bond acceptors (Lipinski definition) is 6. The summed E-state index contributed by atoms with van der Waals surface area (Å²) in [7, 11) is -1.25. The molecule has 0 spiro atoms. The fourth-order valence-corrected chi connectivity index (χ4v) is 2.35. The van der Waals surface area contributed by atoms with Gasteiger partial charge in [-0.1, -0.05) is 0 Å². The number of nitrogens with zero attached hydrogens (tertiary/aromatic N) is 2. The van der Waals surface area contributed by atoms with Crippen molar-refractivity contribution in [3.8, 4) is 0 Å². The second-order valence-corrected chi connectivity index (χ2v) is 5.79. The van der Waals surface area contributed by atoms with Crippen molar-refractivity contribution < 1.29 is 17.9 Å². The lowest BCUT2D eigenvalue weighted by Crippen LogP contribution is -2.33. The first kappa shape index (κ1) is 14.3. The van der Waals surface area contributed by atoms with Crippen LogP contribution in [0.2, 0.25) is 0 Å². The van der Waals surface area contributed by atoms with Gasteiger partial charge >= 0.3 is 5.97 Å². The van der Waals surface area contributed by atoms with Crippen molar-refractivity contribution in [1.82, 2.24) is 9.78 Å². The van der Waals surface area contributed by atoms with Crippen molar-refractivity contribution in [2.45, 2.75) is 19.1 Å². The normalized spacial score (nSPS) is 13.1. The summed E-state index contributed by atoms with van der Waals surface area (Å²) in [5, 5.41) is 2.63. The molecule has 0 saturated carbocycles. The summed E-state index contributed by atoms with van der Waals surface area (Å²) >= 11 is 0. The molecule has 8 nitrogen and oxygen atoms in total. The molecule has 1 unspecified atom stereocenters. The maximum atomic E-state index is 11.9. The predicted molar refractivity (Wildman–Crippen MR) is 66.4 cm³/mol. The monoisotopic (exact) mass is 276 g/mol. The standard InChI is InChI=1S/C9H16N4O4S/c1-5-7(10)8(13(3)11-5)12-18(15,16)6(2)9(14)17-4/h6,12H,10H2,1-4H3. The highest BCUT2D eigenvalue weighted by Crippen LogP contribution is 2.23. The number of nitrogens with two attached hydrogens (primary N) is 1. The molecule has 0 fully saturated rings. The molecule has 1 rings (SSSR count). The van der Waals surface area contributed by atoms with Crippen LogP contribution >= 0.6 is 0 Å². The molecule has 0 bridgehead atoms. The minimum atomic E-state index is -3.92. The zero-order valence-electron chi connectivity index (χ0n) is 10.6. The number of sulfonamides is 1. The summed E-state index contributed by atoms with van der Waals surface area (Å²) in [4.78, 5) is 11.2. The third kappa shape index (κ3) is 2.55. The third-order valence-electron chi connectivity index (χ3n) is 2.51. The molecule has 102 valence electrons. The van der Waals surface area contributed by atoms with Gasteiger partial charge in [0, 0.05) is 7.05 Å². The maximum absolute atomic E-state index is 11.9. The van der Waals surface area contributed by atoms with E-state index in [2.05, 4.69) is 14.6 Å². The van der Waals surface area contributed by atoms with E-state index in [1.54, 1.807) is 14.0 Å². The Balaban J connectivity index is 3.07. The van der Waals surface area contributed by atoms with Crippen LogP contribution in [0.5, 0.6) is 0 Å². The van der Waals surface area contributed by atoms with Crippen LogP contribution in [0.1, 0.15) is 12.6 Å². The number of esters is 1. The van der Waals surface area contributed by atoms with E-state index in [-0.39, 0.29) is 11.5 Å². The van der Waals surface area contributed by atoms with E-state index in [4.69, 9.17) is 5.73 Å². The van der Waals surface area contributed by atoms with Crippen LogP contribution in [0.4, 0.5) is 11.5 Å². The zero-order chi connectivity index (χ0) is 14.1. The van der Waals surface area contributed by atoms with Gasteiger partial charge in [0.1, 0.15) is 0 Å². The number of anilines is 2. The Labute approximate surface area is 105 Å². The van der Waals surface area contributed by atoms with Crippen LogP contribution in [-0.4, -0.2) is 36.5 Å². The molecule has 1 heterocycles. The number of carbonyl (C=O) groups excluding carboxylic acids is 1. The van der Waals surface area contributed by atoms with Crippen molar-refractivity contribution in [3.63, 3.8) is 0 Å². The molecule has 0 aliphatic rings. The fraction of sp³-hybridized carbons (Fsp3) is 0.556. The molecule has 9 heteroatoms. The van der Waals surface area contributed by atoms with Gasteiger partial charge in [-0.25, -0.2) is 13.1 Å². The fourth-order valence-electron chi connectivity index (χ4n) is 1.31. The summed E-state index contributed by atoms with van der Waals surface area (Å²) in [5.74, 6) is -0.719. The zero-order valence-corrected chi connectivity index (χ0v) is 11.4. The average Bonchev–Trinajstić information content (AvgIpc) is 2.53. The Morgan fingerprint density at radius 3 is 2.50 bits per heavy atom. The molecular weight excluding hydrogens is 260 g/mol. The first-order valence-corrected chi connectivity index (χ1v) is 6.64. The summed E-state index contributed by atoms with van der Waals surface area (Å²) in [6.07, 6.45) is 0. The van der Waals surface area contributed by atoms with Gasteiger partial charge in [0.05, 0.1) is 18.5 Å². The van der Waals surface area contributed by atoms with Crippen molar-refractivity contribution in [2.24, 2.45) is 7.05 Å². The van der Waals surface area contributed by atoms with E-state index in [1.165, 1.54) is 11.6 Å². The van der Waals surface area contributed by atoms with Crippen LogP contribution < -0.4 is 10.5 Å². The smallest absolute Gasteiger partial charge is 0.325 e. The van der Waals surface area contributed by atoms with E-state index >= 15 is 0 Å². The largest absolute Gasteiger partial charge is 0.468 e. The van der Waals surface area contributed by atoms with E-state index in [0.29, 0.717) is 5.69 Å². The number of hydrogen-bond donors (Lipinski definition) is 2. The Morgan fingerprint density at radius 2 is 2.11 bits per heavy atom. The molecular formula is C9H16N4O4S. The minimum Gasteiger partial charge on any atom is -0.468 e. The molecule has 18 heavy (non-hydrogen) atoms. The summed E-state index contributed by atoms with van der Waals surface area (Å²) in [6, 6.07) is 0. The van der Waals surface area contributed by atoms with Gasteiger partial charge in [-0.15, -0.1) is 0 Å². The van der Waals surface area contributed by atoms with Gasteiger partial charge in [0.15, 0.2) is 11.1 Å². The number of nitrogens with one attached hydrogen (secondary N) is 1. The van der Waals surface area contributed by atoms with Gasteiger partial charge < -0.3 is 10.5 Å². The Bertz CT molecular complexity index is 563. The third-order valence-corrected chi connectivity index (χ3v) is 4.11. The maximum Gasteiger partial charge on any atom is 0.325 e. The molecule has 0 aliphatic carbocycles. The number of ether oxygens (including phenoxy) is 1. The number of rotatable bonds is 4. The lowest BCUT2D eigenvalue weighted by atomic mass is 10.4. The quantitative estimate of drug-likeness (QED) is 0.724. The molecule has 1 aromatic rings. The van der Waals surface area contributed by atoms with E-state index < -0.39 is 21.2 Å². The van der Waals surface area contributed by atoms with Gasteiger partial charge in [0.2, 0.25) is 10.0 Å². The van der Waals surface area contributed by atoms with Crippen LogP contribution in [-0.2, 0) is 26.6 Å². The molecule has 0 radical (unpaired) electrons. The molecule has 0 aliphatic heterocycles. The van der Waals surface area contributed by atoms with Crippen molar-refractivity contribution in [2.75, 3.05) is 17.6 Å². The summed E-state index contributed by atoms with van der Waals surface area (Å²) < 4.78 is 31.7. The van der Waals surface area contributed by atoms with Crippen molar-refractivity contribution in [3.05, 3.63) is 5.69 Å². The van der Waals surface area contributed by atoms with Crippen LogP contribution in [0.25, 0.3) is 0 Å². The number of aryl methyl sites for hydroxylation is 2. The highest BCUT2D eigenvalue weighted by Gasteiger charge is 2.30. The molecule has 0 aromatic carbocycles. The Hall–Kier alpha value is -1.77. The van der Waals surface area contributed by atoms with Gasteiger partial charge in [-0.3, -0.25) is 9.52 Å². The van der Waals surface area contributed by atoms with Gasteiger partial charge in [-0.2, -0.15) is 5.10 Å². The molecule has 1 atom stereocenters. The average molecular weight is 276 g/mol. The summed E-state index contributed by atoms with van der Waals surface area (Å²) in [5.41, 5.74) is 6.41. The van der Waals surface area contributed by atoms with Crippen molar-refractivity contribution in [1.29, 1.82) is 0 Å². The Kier molecular flexibility index (Phi) is 3.85. The van der Waals surface area contributed by atoms with E-state index in [0.717, 1.165) is 7.11 Å². The van der Waals surface area contributed by atoms with Crippen LogP contribution in [0.3, 0.4) is 0 Å². The molecule has 0 amide bonds.